The van der Waals surface area contributed by atoms with E-state index in [2.05, 4.69) is 0 Å². The second-order valence-electron chi connectivity index (χ2n) is 4.09. The summed E-state index contributed by atoms with van der Waals surface area (Å²) >= 11 is 5.88. The molecule has 0 radical (unpaired) electrons. The first-order valence-corrected chi connectivity index (χ1v) is 5.58. The molecule has 0 spiro atoms. The first-order chi connectivity index (χ1) is 5.84. The first kappa shape index (κ1) is 8.83. The Hall–Kier alpha value is 0.250. The lowest BCUT2D eigenvalue weighted by Gasteiger charge is -2.35. The van der Waals surface area contributed by atoms with E-state index in [1.165, 1.54) is 32.1 Å². The summed E-state index contributed by atoms with van der Waals surface area (Å²) in [6, 6.07) is 0. The Bertz CT molecular complexity index is 137. The Morgan fingerprint density at radius 1 is 0.917 bits per heavy atom. The molecule has 2 heteroatoms. The lowest BCUT2D eigenvalue weighted by atomic mass is 9.93. The molecular formula is C10H17ClO. The van der Waals surface area contributed by atoms with Crippen molar-refractivity contribution in [2.45, 2.75) is 62.5 Å². The average Bonchev–Trinajstić information content (AvgIpc) is 2.04. The quantitative estimate of drug-likeness (QED) is 0.606. The van der Waals surface area contributed by atoms with Crippen LogP contribution in [-0.4, -0.2) is 17.6 Å². The van der Waals surface area contributed by atoms with Gasteiger partial charge in [-0.3, -0.25) is 0 Å². The minimum Gasteiger partial charge on any atom is -0.375 e. The Balaban J connectivity index is 1.65. The van der Waals surface area contributed by atoms with Gasteiger partial charge in [-0.1, -0.05) is 19.3 Å². The van der Waals surface area contributed by atoms with Crippen LogP contribution in [0.4, 0.5) is 0 Å². The summed E-state index contributed by atoms with van der Waals surface area (Å²) in [6.07, 6.45) is 9.92. The van der Waals surface area contributed by atoms with Crippen LogP contribution < -0.4 is 0 Å². The van der Waals surface area contributed by atoms with Gasteiger partial charge in [-0.15, -0.1) is 11.6 Å². The van der Waals surface area contributed by atoms with Gasteiger partial charge in [-0.25, -0.2) is 0 Å². The molecule has 1 nitrogen and oxygen atoms in total. The molecule has 0 aromatic rings. The minimum absolute atomic E-state index is 0.401. The van der Waals surface area contributed by atoms with Crippen molar-refractivity contribution in [3.63, 3.8) is 0 Å². The summed E-state index contributed by atoms with van der Waals surface area (Å²) in [7, 11) is 0. The van der Waals surface area contributed by atoms with Crippen LogP contribution in [-0.2, 0) is 4.74 Å². The van der Waals surface area contributed by atoms with E-state index in [9.17, 15) is 0 Å². The molecule has 2 fully saturated rings. The summed E-state index contributed by atoms with van der Waals surface area (Å²) in [5.41, 5.74) is 0. The molecule has 0 saturated heterocycles. The summed E-state index contributed by atoms with van der Waals surface area (Å²) in [5.74, 6) is 0. The van der Waals surface area contributed by atoms with Gasteiger partial charge in [0.05, 0.1) is 12.2 Å². The van der Waals surface area contributed by atoms with Gasteiger partial charge in [0.15, 0.2) is 0 Å². The zero-order valence-electron chi connectivity index (χ0n) is 7.47. The van der Waals surface area contributed by atoms with Gasteiger partial charge >= 0.3 is 0 Å². The first-order valence-electron chi connectivity index (χ1n) is 5.14. The number of alkyl halides is 1. The Kier molecular flexibility index (Phi) is 2.92. The Morgan fingerprint density at radius 3 is 2.17 bits per heavy atom. The fourth-order valence-electron chi connectivity index (χ4n) is 2.09. The van der Waals surface area contributed by atoms with Crippen molar-refractivity contribution in [3.05, 3.63) is 0 Å². The van der Waals surface area contributed by atoms with Crippen molar-refractivity contribution in [2.75, 3.05) is 0 Å². The highest BCUT2D eigenvalue weighted by Crippen LogP contribution is 2.32. The van der Waals surface area contributed by atoms with Crippen LogP contribution >= 0.6 is 11.6 Å². The van der Waals surface area contributed by atoms with Crippen LogP contribution in [0.25, 0.3) is 0 Å². The molecule has 0 unspecified atom stereocenters. The van der Waals surface area contributed by atoms with E-state index < -0.39 is 0 Å². The van der Waals surface area contributed by atoms with Crippen LogP contribution in [0.15, 0.2) is 0 Å². The molecule has 0 bridgehead atoms. The second-order valence-corrected chi connectivity index (χ2v) is 4.70. The van der Waals surface area contributed by atoms with E-state index in [1.807, 2.05) is 0 Å². The smallest absolute Gasteiger partial charge is 0.0607 e. The van der Waals surface area contributed by atoms with Gasteiger partial charge < -0.3 is 4.74 Å². The van der Waals surface area contributed by atoms with Crippen molar-refractivity contribution in [2.24, 2.45) is 0 Å². The molecule has 0 aromatic heterocycles. The molecule has 0 aromatic carbocycles. The van der Waals surface area contributed by atoms with Crippen molar-refractivity contribution in [1.29, 1.82) is 0 Å². The summed E-state index contributed by atoms with van der Waals surface area (Å²) < 4.78 is 5.91. The van der Waals surface area contributed by atoms with Gasteiger partial charge in [-0.05, 0) is 25.7 Å². The molecule has 0 amide bonds. The monoisotopic (exact) mass is 188 g/mol. The van der Waals surface area contributed by atoms with Gasteiger partial charge in [0, 0.05) is 5.38 Å². The lowest BCUT2D eigenvalue weighted by molar-refractivity contribution is -0.0626. The van der Waals surface area contributed by atoms with Gasteiger partial charge in [0.25, 0.3) is 0 Å². The standard InChI is InChI=1S/C10H17ClO/c11-8-6-10(7-8)12-9-4-2-1-3-5-9/h8-10H,1-7H2. The van der Waals surface area contributed by atoms with E-state index >= 15 is 0 Å². The normalized spacial score (nSPS) is 37.8. The van der Waals surface area contributed by atoms with Crippen molar-refractivity contribution in [1.82, 2.24) is 0 Å². The molecule has 2 aliphatic carbocycles. The highest BCUT2D eigenvalue weighted by Gasteiger charge is 2.30. The van der Waals surface area contributed by atoms with Gasteiger partial charge in [0.1, 0.15) is 0 Å². The molecule has 70 valence electrons. The fourth-order valence-corrected chi connectivity index (χ4v) is 2.48. The Labute approximate surface area is 79.4 Å². The van der Waals surface area contributed by atoms with Crippen LogP contribution in [0.5, 0.6) is 0 Å². The average molecular weight is 189 g/mol. The number of rotatable bonds is 2. The molecule has 0 heterocycles. The molecule has 0 N–H and O–H groups in total. The maximum atomic E-state index is 5.91. The topological polar surface area (TPSA) is 9.23 Å². The van der Waals surface area contributed by atoms with E-state index in [4.69, 9.17) is 16.3 Å². The highest BCUT2D eigenvalue weighted by molar-refractivity contribution is 6.21. The zero-order chi connectivity index (χ0) is 8.39. The van der Waals surface area contributed by atoms with Crippen LogP contribution in [0, 0.1) is 0 Å². The van der Waals surface area contributed by atoms with E-state index in [0.29, 0.717) is 17.6 Å². The number of ether oxygens (including phenoxy) is 1. The van der Waals surface area contributed by atoms with Crippen LogP contribution in [0.3, 0.4) is 0 Å². The number of hydrogen-bond donors (Lipinski definition) is 0. The van der Waals surface area contributed by atoms with Gasteiger partial charge in [0.2, 0.25) is 0 Å². The molecule has 2 rings (SSSR count). The third kappa shape index (κ3) is 2.14. The van der Waals surface area contributed by atoms with Crippen molar-refractivity contribution in [3.8, 4) is 0 Å². The van der Waals surface area contributed by atoms with Crippen LogP contribution in [0.1, 0.15) is 44.9 Å². The molecule has 2 saturated carbocycles. The maximum Gasteiger partial charge on any atom is 0.0607 e. The predicted octanol–water partition coefficient (Wildman–Crippen LogP) is 3.11. The minimum atomic E-state index is 0.401. The number of hydrogen-bond acceptors (Lipinski definition) is 1. The van der Waals surface area contributed by atoms with E-state index in [1.54, 1.807) is 0 Å². The summed E-state index contributed by atoms with van der Waals surface area (Å²) in [5, 5.41) is 0.401. The van der Waals surface area contributed by atoms with Crippen molar-refractivity contribution >= 4 is 11.6 Å². The van der Waals surface area contributed by atoms with E-state index in [0.717, 1.165) is 12.8 Å². The predicted molar refractivity (Wildman–Crippen MR) is 50.6 cm³/mol. The zero-order valence-corrected chi connectivity index (χ0v) is 8.22. The van der Waals surface area contributed by atoms with Crippen LogP contribution in [0.2, 0.25) is 0 Å². The molecule has 0 aliphatic heterocycles. The second kappa shape index (κ2) is 3.97. The molecular weight excluding hydrogens is 172 g/mol. The Morgan fingerprint density at radius 2 is 1.58 bits per heavy atom. The molecule has 2 aliphatic rings. The summed E-state index contributed by atoms with van der Waals surface area (Å²) in [4.78, 5) is 0. The molecule has 12 heavy (non-hydrogen) atoms. The third-order valence-electron chi connectivity index (χ3n) is 2.97. The summed E-state index contributed by atoms with van der Waals surface area (Å²) in [6.45, 7) is 0. The van der Waals surface area contributed by atoms with Crippen molar-refractivity contribution < 1.29 is 4.74 Å². The lowest BCUT2D eigenvalue weighted by Crippen LogP contribution is -2.35. The van der Waals surface area contributed by atoms with E-state index in [-0.39, 0.29) is 0 Å². The number of halogens is 1. The third-order valence-corrected chi connectivity index (χ3v) is 3.33. The van der Waals surface area contributed by atoms with Gasteiger partial charge in [-0.2, -0.15) is 0 Å². The molecule has 0 atom stereocenters. The fraction of sp³-hybridized carbons (Fsp3) is 1.00. The SMILES string of the molecule is ClC1CC(OC2CCCCC2)C1. The maximum absolute atomic E-state index is 5.91. The highest BCUT2D eigenvalue weighted by atomic mass is 35.5. The largest absolute Gasteiger partial charge is 0.375 e.